The predicted octanol–water partition coefficient (Wildman–Crippen LogP) is 2.36. The summed E-state index contributed by atoms with van der Waals surface area (Å²) in [6.07, 6.45) is 1.11. The fourth-order valence-electron chi connectivity index (χ4n) is 0.938. The van der Waals surface area contributed by atoms with Gasteiger partial charge in [-0.2, -0.15) is 0 Å². The molecule has 0 N–H and O–H groups in total. The molecule has 1 radical (unpaired) electrons. The van der Waals surface area contributed by atoms with E-state index in [-0.39, 0.29) is 0 Å². The van der Waals surface area contributed by atoms with Crippen LogP contribution in [0.5, 0.6) is 0 Å². The van der Waals surface area contributed by atoms with Crippen LogP contribution >= 0.6 is 0 Å². The minimum atomic E-state index is 1.11. The largest absolute Gasteiger partial charge is 0.0614 e. The first-order valence-electron chi connectivity index (χ1n) is 3.30. The zero-order valence-corrected chi connectivity index (χ0v) is 5.94. The van der Waals surface area contributed by atoms with Crippen molar-refractivity contribution in [2.24, 2.45) is 0 Å². The summed E-state index contributed by atoms with van der Waals surface area (Å²) >= 11 is 0. The summed E-state index contributed by atoms with van der Waals surface area (Å²) in [5, 5.41) is 0. The van der Waals surface area contributed by atoms with Crippen LogP contribution in [0, 0.1) is 13.0 Å². The van der Waals surface area contributed by atoms with Crippen molar-refractivity contribution in [2.75, 3.05) is 0 Å². The maximum atomic E-state index is 3.15. The van der Waals surface area contributed by atoms with Gasteiger partial charge in [-0.1, -0.05) is 25.1 Å². The molecule has 0 saturated heterocycles. The van der Waals surface area contributed by atoms with Gasteiger partial charge in [-0.3, -0.25) is 0 Å². The Kier molecular flexibility index (Phi) is 1.88. The van der Waals surface area contributed by atoms with Gasteiger partial charge in [0.2, 0.25) is 0 Å². The van der Waals surface area contributed by atoms with Crippen LogP contribution in [0.1, 0.15) is 18.1 Å². The van der Waals surface area contributed by atoms with Gasteiger partial charge >= 0.3 is 0 Å². The van der Waals surface area contributed by atoms with Gasteiger partial charge in [-0.25, -0.2) is 0 Å². The standard InChI is InChI=1S/C9H11/c1-3-9-7-5-4-6-8(9)2/h4-5,7H,3H2,1-2H3. The maximum Gasteiger partial charge on any atom is -0.0149 e. The fourth-order valence-corrected chi connectivity index (χ4v) is 0.938. The molecule has 0 aliphatic rings. The molecule has 9 heavy (non-hydrogen) atoms. The van der Waals surface area contributed by atoms with E-state index in [1.165, 1.54) is 11.1 Å². The number of aryl methyl sites for hydroxylation is 2. The van der Waals surface area contributed by atoms with Gasteiger partial charge in [-0.15, -0.1) is 0 Å². The smallest absolute Gasteiger partial charge is 0.0149 e. The molecule has 0 aliphatic carbocycles. The van der Waals surface area contributed by atoms with Gasteiger partial charge in [0.25, 0.3) is 0 Å². The van der Waals surface area contributed by atoms with Crippen LogP contribution in [0.25, 0.3) is 0 Å². The highest BCUT2D eigenvalue weighted by Crippen LogP contribution is 2.05. The number of benzene rings is 1. The highest BCUT2D eigenvalue weighted by Gasteiger charge is 1.90. The SMILES string of the molecule is CCc1ccc[c]c1C. The lowest BCUT2D eigenvalue weighted by Gasteiger charge is -1.97. The Bertz CT molecular complexity index is 189. The van der Waals surface area contributed by atoms with Gasteiger partial charge in [0, 0.05) is 0 Å². The van der Waals surface area contributed by atoms with Crippen LogP contribution in [0.4, 0.5) is 0 Å². The molecule has 0 heteroatoms. The molecule has 0 heterocycles. The van der Waals surface area contributed by atoms with Gasteiger partial charge in [0.15, 0.2) is 0 Å². The molecule has 0 unspecified atom stereocenters. The van der Waals surface area contributed by atoms with Gasteiger partial charge in [-0.05, 0) is 30.5 Å². The molecule has 0 nitrogen and oxygen atoms in total. The molecule has 47 valence electrons. The average Bonchev–Trinajstić information content (AvgIpc) is 1.89. The molecular weight excluding hydrogens is 108 g/mol. The van der Waals surface area contributed by atoms with Crippen molar-refractivity contribution in [1.82, 2.24) is 0 Å². The molecule has 0 spiro atoms. The van der Waals surface area contributed by atoms with E-state index < -0.39 is 0 Å². The summed E-state index contributed by atoms with van der Waals surface area (Å²) in [5.74, 6) is 0. The molecule has 0 bridgehead atoms. The highest BCUT2D eigenvalue weighted by molar-refractivity contribution is 5.23. The van der Waals surface area contributed by atoms with Crippen molar-refractivity contribution in [3.05, 3.63) is 35.4 Å². The molecule has 0 aromatic heterocycles. The van der Waals surface area contributed by atoms with E-state index in [2.05, 4.69) is 26.0 Å². The lowest BCUT2D eigenvalue weighted by molar-refractivity contribution is 1.11. The Morgan fingerprint density at radius 1 is 1.56 bits per heavy atom. The minimum Gasteiger partial charge on any atom is -0.0614 e. The van der Waals surface area contributed by atoms with Crippen LogP contribution in [-0.2, 0) is 6.42 Å². The zero-order chi connectivity index (χ0) is 6.69. The third kappa shape index (κ3) is 1.32. The monoisotopic (exact) mass is 119 g/mol. The zero-order valence-electron chi connectivity index (χ0n) is 5.94. The molecule has 1 aromatic rings. The quantitative estimate of drug-likeness (QED) is 0.532. The summed E-state index contributed by atoms with van der Waals surface area (Å²) in [6, 6.07) is 9.28. The molecule has 0 atom stereocenters. The summed E-state index contributed by atoms with van der Waals surface area (Å²) in [4.78, 5) is 0. The first-order valence-corrected chi connectivity index (χ1v) is 3.30. The minimum absolute atomic E-state index is 1.11. The highest BCUT2D eigenvalue weighted by atomic mass is 13.9. The summed E-state index contributed by atoms with van der Waals surface area (Å²) in [5.41, 5.74) is 2.68. The van der Waals surface area contributed by atoms with Crippen LogP contribution in [0.2, 0.25) is 0 Å². The van der Waals surface area contributed by atoms with E-state index in [1.807, 2.05) is 12.1 Å². The normalized spacial score (nSPS) is 9.56. The van der Waals surface area contributed by atoms with Gasteiger partial charge in [0.05, 0.1) is 0 Å². The second-order valence-corrected chi connectivity index (χ2v) is 2.17. The van der Waals surface area contributed by atoms with E-state index in [0.717, 1.165) is 6.42 Å². The van der Waals surface area contributed by atoms with Gasteiger partial charge < -0.3 is 0 Å². The molecule has 0 aliphatic heterocycles. The van der Waals surface area contributed by atoms with Crippen molar-refractivity contribution in [3.63, 3.8) is 0 Å². The van der Waals surface area contributed by atoms with Crippen LogP contribution in [0.15, 0.2) is 18.2 Å². The second-order valence-electron chi connectivity index (χ2n) is 2.17. The average molecular weight is 119 g/mol. The molecule has 1 aromatic carbocycles. The Labute approximate surface area is 56.5 Å². The van der Waals surface area contributed by atoms with E-state index in [4.69, 9.17) is 0 Å². The number of hydrogen-bond donors (Lipinski definition) is 0. The molecule has 0 fully saturated rings. The molecule has 0 amide bonds. The van der Waals surface area contributed by atoms with Crippen LogP contribution in [-0.4, -0.2) is 0 Å². The Hall–Kier alpha value is -0.780. The fraction of sp³-hybridized carbons (Fsp3) is 0.333. The van der Waals surface area contributed by atoms with Gasteiger partial charge in [0.1, 0.15) is 0 Å². The topological polar surface area (TPSA) is 0 Å². The summed E-state index contributed by atoms with van der Waals surface area (Å²) in [6.45, 7) is 4.26. The van der Waals surface area contributed by atoms with E-state index >= 15 is 0 Å². The summed E-state index contributed by atoms with van der Waals surface area (Å²) in [7, 11) is 0. The molecule has 1 rings (SSSR count). The first kappa shape index (κ1) is 6.34. The van der Waals surface area contributed by atoms with Crippen LogP contribution in [0.3, 0.4) is 0 Å². The van der Waals surface area contributed by atoms with E-state index in [9.17, 15) is 0 Å². The first-order chi connectivity index (χ1) is 4.34. The third-order valence-electron chi connectivity index (χ3n) is 1.56. The Morgan fingerprint density at radius 3 is 2.78 bits per heavy atom. The van der Waals surface area contributed by atoms with Crippen molar-refractivity contribution in [1.29, 1.82) is 0 Å². The van der Waals surface area contributed by atoms with Crippen molar-refractivity contribution < 1.29 is 0 Å². The third-order valence-corrected chi connectivity index (χ3v) is 1.56. The van der Waals surface area contributed by atoms with Crippen molar-refractivity contribution >= 4 is 0 Å². The van der Waals surface area contributed by atoms with E-state index in [1.54, 1.807) is 0 Å². The van der Waals surface area contributed by atoms with Crippen molar-refractivity contribution in [2.45, 2.75) is 20.3 Å². The Morgan fingerprint density at radius 2 is 2.33 bits per heavy atom. The molecule has 0 saturated carbocycles. The number of hydrogen-bond acceptors (Lipinski definition) is 0. The second kappa shape index (κ2) is 2.67. The lowest BCUT2D eigenvalue weighted by Crippen LogP contribution is -1.83. The summed E-state index contributed by atoms with van der Waals surface area (Å²) < 4.78 is 0. The number of rotatable bonds is 1. The lowest BCUT2D eigenvalue weighted by atomic mass is 10.1. The predicted molar refractivity (Wildman–Crippen MR) is 39.4 cm³/mol. The van der Waals surface area contributed by atoms with E-state index in [0.29, 0.717) is 0 Å². The molecular formula is C9H11. The Balaban J connectivity index is 3.01. The maximum absolute atomic E-state index is 3.15. The van der Waals surface area contributed by atoms with Crippen LogP contribution < -0.4 is 0 Å². The van der Waals surface area contributed by atoms with Crippen molar-refractivity contribution in [3.8, 4) is 0 Å².